The molecule has 0 aliphatic carbocycles. The molecule has 0 unspecified atom stereocenters. The number of halogens is 1. The molecule has 1 aromatic heterocycles. The predicted octanol–water partition coefficient (Wildman–Crippen LogP) is 3.07. The van der Waals surface area contributed by atoms with Crippen LogP contribution < -0.4 is 0 Å². The lowest BCUT2D eigenvalue weighted by atomic mass is 10.1. The van der Waals surface area contributed by atoms with Crippen LogP contribution in [0.25, 0.3) is 0 Å². The number of hydrogen-bond donors (Lipinski definition) is 0. The zero-order valence-electron chi connectivity index (χ0n) is 11.2. The van der Waals surface area contributed by atoms with E-state index in [1.807, 2.05) is 10.8 Å². The summed E-state index contributed by atoms with van der Waals surface area (Å²) >= 11 is 0. The van der Waals surface area contributed by atoms with Crippen molar-refractivity contribution in [3.63, 3.8) is 0 Å². The summed E-state index contributed by atoms with van der Waals surface area (Å²) in [7, 11) is 0. The number of nitriles is 1. The highest BCUT2D eigenvalue weighted by atomic mass is 19.1. The Morgan fingerprint density at radius 3 is 2.63 bits per heavy atom. The molecular formula is C15H16FN3. The van der Waals surface area contributed by atoms with E-state index in [0.29, 0.717) is 12.1 Å². The molecule has 0 aliphatic rings. The van der Waals surface area contributed by atoms with Gasteiger partial charge in [0.15, 0.2) is 0 Å². The van der Waals surface area contributed by atoms with Crippen molar-refractivity contribution in [1.82, 2.24) is 9.78 Å². The summed E-state index contributed by atoms with van der Waals surface area (Å²) in [6.45, 7) is 4.62. The van der Waals surface area contributed by atoms with Gasteiger partial charge in [0.2, 0.25) is 0 Å². The Morgan fingerprint density at radius 2 is 2.00 bits per heavy atom. The van der Waals surface area contributed by atoms with Crippen molar-refractivity contribution in [2.45, 2.75) is 33.2 Å². The summed E-state index contributed by atoms with van der Waals surface area (Å²) in [5.41, 5.74) is 3.27. The topological polar surface area (TPSA) is 41.6 Å². The van der Waals surface area contributed by atoms with E-state index in [-0.39, 0.29) is 5.82 Å². The normalized spacial score (nSPS) is 10.4. The van der Waals surface area contributed by atoms with E-state index in [4.69, 9.17) is 5.26 Å². The first-order valence-corrected chi connectivity index (χ1v) is 6.41. The van der Waals surface area contributed by atoms with Gasteiger partial charge >= 0.3 is 0 Å². The number of rotatable bonds is 4. The van der Waals surface area contributed by atoms with Crippen LogP contribution in [0.5, 0.6) is 0 Å². The predicted molar refractivity (Wildman–Crippen MR) is 71.2 cm³/mol. The minimum atomic E-state index is -0.380. The van der Waals surface area contributed by atoms with Crippen molar-refractivity contribution in [1.29, 1.82) is 5.26 Å². The first-order valence-electron chi connectivity index (χ1n) is 6.41. The van der Waals surface area contributed by atoms with Gasteiger partial charge in [-0.1, -0.05) is 13.8 Å². The monoisotopic (exact) mass is 257 g/mol. The van der Waals surface area contributed by atoms with Gasteiger partial charge in [-0.05, 0) is 42.7 Å². The fraction of sp³-hybridized carbons (Fsp3) is 0.333. The first-order chi connectivity index (χ1) is 9.16. The first kappa shape index (κ1) is 13.3. The third-order valence-corrected chi connectivity index (χ3v) is 3.06. The minimum Gasteiger partial charge on any atom is -0.265 e. The van der Waals surface area contributed by atoms with E-state index in [9.17, 15) is 4.39 Å². The van der Waals surface area contributed by atoms with E-state index in [1.165, 1.54) is 12.1 Å². The van der Waals surface area contributed by atoms with Crippen molar-refractivity contribution >= 4 is 0 Å². The van der Waals surface area contributed by atoms with Gasteiger partial charge in [0.25, 0.3) is 0 Å². The molecule has 98 valence electrons. The quantitative estimate of drug-likeness (QED) is 0.844. The Balaban J connectivity index is 2.33. The summed E-state index contributed by atoms with van der Waals surface area (Å²) in [6.07, 6.45) is 1.76. The average Bonchev–Trinajstić information content (AvgIpc) is 2.80. The summed E-state index contributed by atoms with van der Waals surface area (Å²) < 4.78 is 15.3. The number of benzene rings is 1. The molecule has 0 N–H and O–H groups in total. The van der Waals surface area contributed by atoms with Crippen LogP contribution in [0, 0.1) is 17.1 Å². The fourth-order valence-corrected chi connectivity index (χ4v) is 2.09. The van der Waals surface area contributed by atoms with Crippen LogP contribution in [-0.2, 0) is 19.4 Å². The molecule has 0 aliphatic heterocycles. The van der Waals surface area contributed by atoms with E-state index in [0.717, 1.165) is 29.8 Å². The maximum absolute atomic E-state index is 13.4. The van der Waals surface area contributed by atoms with Crippen LogP contribution in [0.4, 0.5) is 4.39 Å². The van der Waals surface area contributed by atoms with Crippen LogP contribution in [-0.4, -0.2) is 9.78 Å². The van der Waals surface area contributed by atoms with Gasteiger partial charge in [-0.25, -0.2) is 4.39 Å². The largest absolute Gasteiger partial charge is 0.265 e. The Hall–Kier alpha value is -2.15. The standard InChI is InChI=1S/C15H16FN3/c1-3-14-8-15(4-2)19(18-14)10-12-5-11(9-17)6-13(16)7-12/h5-8H,3-4,10H2,1-2H3. The maximum atomic E-state index is 13.4. The summed E-state index contributed by atoms with van der Waals surface area (Å²) in [6, 6.07) is 8.44. The van der Waals surface area contributed by atoms with Gasteiger partial charge in [0.1, 0.15) is 5.82 Å². The number of hydrogen-bond acceptors (Lipinski definition) is 2. The molecule has 0 amide bonds. The van der Waals surface area contributed by atoms with Crippen molar-refractivity contribution < 1.29 is 4.39 Å². The third-order valence-electron chi connectivity index (χ3n) is 3.06. The van der Waals surface area contributed by atoms with Gasteiger partial charge in [-0.3, -0.25) is 4.68 Å². The van der Waals surface area contributed by atoms with Crippen molar-refractivity contribution in [2.24, 2.45) is 0 Å². The number of nitrogens with zero attached hydrogens (tertiary/aromatic N) is 3. The average molecular weight is 257 g/mol. The highest BCUT2D eigenvalue weighted by Gasteiger charge is 2.07. The number of aryl methyl sites for hydroxylation is 2. The van der Waals surface area contributed by atoms with Crippen LogP contribution in [0.3, 0.4) is 0 Å². The smallest absolute Gasteiger partial charge is 0.124 e. The van der Waals surface area contributed by atoms with Gasteiger partial charge < -0.3 is 0 Å². The third kappa shape index (κ3) is 3.00. The summed E-state index contributed by atoms with van der Waals surface area (Å²) in [5.74, 6) is -0.380. The van der Waals surface area contributed by atoms with Gasteiger partial charge in [-0.2, -0.15) is 10.4 Å². The molecule has 0 atom stereocenters. The lowest BCUT2D eigenvalue weighted by Crippen LogP contribution is -2.06. The zero-order chi connectivity index (χ0) is 13.8. The van der Waals surface area contributed by atoms with E-state index < -0.39 is 0 Å². The SMILES string of the molecule is CCc1cc(CC)n(Cc2cc(F)cc(C#N)c2)n1. The second kappa shape index (κ2) is 5.66. The Bertz CT molecular complexity index is 623. The lowest BCUT2D eigenvalue weighted by Gasteiger charge is -2.06. The molecular weight excluding hydrogens is 241 g/mol. The molecule has 0 saturated heterocycles. The second-order valence-corrected chi connectivity index (χ2v) is 4.45. The Kier molecular flexibility index (Phi) is 3.96. The van der Waals surface area contributed by atoms with Crippen molar-refractivity contribution in [3.05, 3.63) is 52.6 Å². The van der Waals surface area contributed by atoms with E-state index >= 15 is 0 Å². The summed E-state index contributed by atoms with van der Waals surface area (Å²) in [5, 5.41) is 13.3. The molecule has 3 nitrogen and oxygen atoms in total. The molecule has 0 radical (unpaired) electrons. The van der Waals surface area contributed by atoms with Crippen LogP contribution in [0.15, 0.2) is 24.3 Å². The highest BCUT2D eigenvalue weighted by molar-refractivity contribution is 5.34. The molecule has 1 aromatic carbocycles. The molecule has 19 heavy (non-hydrogen) atoms. The summed E-state index contributed by atoms with van der Waals surface area (Å²) in [4.78, 5) is 0. The van der Waals surface area contributed by atoms with Crippen molar-refractivity contribution in [3.8, 4) is 6.07 Å². The molecule has 4 heteroatoms. The number of aromatic nitrogens is 2. The van der Waals surface area contributed by atoms with E-state index in [2.05, 4.69) is 25.0 Å². The van der Waals surface area contributed by atoms with Crippen LogP contribution in [0.2, 0.25) is 0 Å². The molecule has 0 bridgehead atoms. The van der Waals surface area contributed by atoms with Crippen LogP contribution in [0.1, 0.15) is 36.4 Å². The van der Waals surface area contributed by atoms with Gasteiger partial charge in [0.05, 0.1) is 23.9 Å². The zero-order valence-corrected chi connectivity index (χ0v) is 11.2. The molecule has 0 spiro atoms. The van der Waals surface area contributed by atoms with Crippen LogP contribution >= 0.6 is 0 Å². The van der Waals surface area contributed by atoms with Crippen molar-refractivity contribution in [2.75, 3.05) is 0 Å². The van der Waals surface area contributed by atoms with E-state index in [1.54, 1.807) is 6.07 Å². The molecule has 2 rings (SSSR count). The second-order valence-electron chi connectivity index (χ2n) is 4.45. The van der Waals surface area contributed by atoms with Gasteiger partial charge in [-0.15, -0.1) is 0 Å². The lowest BCUT2D eigenvalue weighted by molar-refractivity contribution is 0.611. The minimum absolute atomic E-state index is 0.343. The highest BCUT2D eigenvalue weighted by Crippen LogP contribution is 2.13. The molecule has 0 fully saturated rings. The van der Waals surface area contributed by atoms with Gasteiger partial charge in [0, 0.05) is 5.69 Å². The fourth-order valence-electron chi connectivity index (χ4n) is 2.09. The Morgan fingerprint density at radius 1 is 1.21 bits per heavy atom. The molecule has 1 heterocycles. The Labute approximate surface area is 112 Å². The maximum Gasteiger partial charge on any atom is 0.124 e. The molecule has 2 aromatic rings. The molecule has 0 saturated carbocycles.